The van der Waals surface area contributed by atoms with Gasteiger partial charge in [-0.3, -0.25) is 9.59 Å². The number of carbonyl (C=O) groups excluding carboxylic acids is 1. The maximum Gasteiger partial charge on any atom is 0.305 e. The van der Waals surface area contributed by atoms with Gasteiger partial charge in [0.15, 0.2) is 0 Å². The Morgan fingerprint density at radius 1 is 1.25 bits per heavy atom. The molecule has 1 aromatic carbocycles. The zero-order chi connectivity index (χ0) is 17.4. The molecule has 2 aromatic rings. The van der Waals surface area contributed by atoms with Crippen LogP contribution in [0.5, 0.6) is 5.75 Å². The van der Waals surface area contributed by atoms with E-state index in [0.29, 0.717) is 24.7 Å². The Bertz CT molecular complexity index is 681. The minimum absolute atomic E-state index is 0.103. The third-order valence-electron chi connectivity index (χ3n) is 3.12. The summed E-state index contributed by atoms with van der Waals surface area (Å²) >= 11 is 0. The number of benzene rings is 1. The number of aromatic nitrogens is 2. The summed E-state index contributed by atoms with van der Waals surface area (Å²) in [4.78, 5) is 26.2. The van der Waals surface area contributed by atoms with E-state index in [-0.39, 0.29) is 25.3 Å². The van der Waals surface area contributed by atoms with Crippen molar-refractivity contribution in [2.75, 3.05) is 13.2 Å². The maximum absolute atomic E-state index is 11.6. The third kappa shape index (κ3) is 5.38. The fourth-order valence-corrected chi connectivity index (χ4v) is 1.96. The minimum Gasteiger partial charge on any atom is -0.494 e. The lowest BCUT2D eigenvalue weighted by atomic mass is 10.2. The molecule has 1 aromatic heterocycles. The fourth-order valence-electron chi connectivity index (χ4n) is 1.96. The second-order valence-electron chi connectivity index (χ2n) is 4.96. The van der Waals surface area contributed by atoms with E-state index in [0.717, 1.165) is 11.3 Å². The van der Waals surface area contributed by atoms with Gasteiger partial charge in [0.2, 0.25) is 17.6 Å². The Morgan fingerprint density at radius 3 is 2.67 bits per heavy atom. The van der Waals surface area contributed by atoms with Crippen LogP contribution in [0, 0.1) is 0 Å². The van der Waals surface area contributed by atoms with E-state index in [9.17, 15) is 9.59 Å². The molecule has 2 rings (SSSR count). The summed E-state index contributed by atoms with van der Waals surface area (Å²) in [6.45, 7) is 2.62. The van der Waals surface area contributed by atoms with Crippen molar-refractivity contribution in [2.24, 2.45) is 0 Å². The molecule has 1 heterocycles. The lowest BCUT2D eigenvalue weighted by Crippen LogP contribution is -2.26. The molecule has 0 atom stereocenters. The number of aliphatic carboxylic acids is 1. The van der Waals surface area contributed by atoms with E-state index in [4.69, 9.17) is 14.4 Å². The first kappa shape index (κ1) is 17.5. The highest BCUT2D eigenvalue weighted by atomic mass is 16.5. The average molecular weight is 333 g/mol. The number of carboxylic acids is 1. The van der Waals surface area contributed by atoms with Crippen LogP contribution in [0.25, 0.3) is 11.4 Å². The minimum atomic E-state index is -0.952. The summed E-state index contributed by atoms with van der Waals surface area (Å²) in [5, 5.41) is 14.9. The highest BCUT2D eigenvalue weighted by molar-refractivity contribution is 5.76. The zero-order valence-corrected chi connectivity index (χ0v) is 13.3. The average Bonchev–Trinajstić information content (AvgIpc) is 3.02. The van der Waals surface area contributed by atoms with Crippen molar-refractivity contribution < 1.29 is 24.0 Å². The van der Waals surface area contributed by atoms with E-state index in [1.165, 1.54) is 0 Å². The normalized spacial score (nSPS) is 10.4. The molecule has 24 heavy (non-hydrogen) atoms. The third-order valence-corrected chi connectivity index (χ3v) is 3.12. The molecule has 0 fully saturated rings. The van der Waals surface area contributed by atoms with Crippen LogP contribution < -0.4 is 10.1 Å². The number of aryl methyl sites for hydroxylation is 1. The van der Waals surface area contributed by atoms with Crippen molar-refractivity contribution in [2.45, 2.75) is 26.2 Å². The first-order chi connectivity index (χ1) is 11.6. The fraction of sp³-hybridized carbons (Fsp3) is 0.375. The molecule has 0 aliphatic rings. The summed E-state index contributed by atoms with van der Waals surface area (Å²) in [6, 6.07) is 7.31. The lowest BCUT2D eigenvalue weighted by Gasteiger charge is -2.02. The van der Waals surface area contributed by atoms with Gasteiger partial charge in [-0.05, 0) is 31.2 Å². The number of carboxylic acid groups (broad SMARTS) is 1. The van der Waals surface area contributed by atoms with Crippen LogP contribution in [0.2, 0.25) is 0 Å². The quantitative estimate of drug-likeness (QED) is 0.717. The first-order valence-corrected chi connectivity index (χ1v) is 7.62. The predicted molar refractivity (Wildman–Crippen MR) is 84.5 cm³/mol. The van der Waals surface area contributed by atoms with Crippen molar-refractivity contribution in [1.82, 2.24) is 15.5 Å². The van der Waals surface area contributed by atoms with Gasteiger partial charge in [0.1, 0.15) is 5.75 Å². The molecule has 0 radical (unpaired) electrons. The van der Waals surface area contributed by atoms with Gasteiger partial charge in [-0.15, -0.1) is 0 Å². The monoisotopic (exact) mass is 333 g/mol. The second-order valence-corrected chi connectivity index (χ2v) is 4.96. The van der Waals surface area contributed by atoms with Crippen molar-refractivity contribution in [3.05, 3.63) is 30.2 Å². The summed E-state index contributed by atoms with van der Waals surface area (Å²) in [7, 11) is 0. The predicted octanol–water partition coefficient (Wildman–Crippen LogP) is 1.66. The van der Waals surface area contributed by atoms with Gasteiger partial charge in [-0.2, -0.15) is 4.98 Å². The molecule has 0 spiro atoms. The van der Waals surface area contributed by atoms with Crippen molar-refractivity contribution in [1.29, 1.82) is 0 Å². The van der Waals surface area contributed by atoms with Crippen LogP contribution in [-0.4, -0.2) is 40.3 Å². The van der Waals surface area contributed by atoms with Gasteiger partial charge in [0.25, 0.3) is 0 Å². The Labute approximate surface area is 138 Å². The number of carbonyl (C=O) groups is 2. The van der Waals surface area contributed by atoms with Gasteiger partial charge in [-0.25, -0.2) is 0 Å². The summed E-state index contributed by atoms with van der Waals surface area (Å²) in [5.74, 6) is 0.360. The Balaban J connectivity index is 1.84. The Hall–Kier alpha value is -2.90. The topological polar surface area (TPSA) is 115 Å². The molecule has 0 unspecified atom stereocenters. The lowest BCUT2D eigenvalue weighted by molar-refractivity contribution is -0.136. The standard InChI is InChI=1S/C16H19N3O5/c1-2-23-12-5-3-11(4-6-12)16-18-14(24-19-16)8-7-13(20)17-10-9-15(21)22/h3-6H,2,7-10H2,1H3,(H,17,20)(H,21,22). The van der Waals surface area contributed by atoms with Crippen LogP contribution >= 0.6 is 0 Å². The van der Waals surface area contributed by atoms with Crippen molar-refractivity contribution in [3.63, 3.8) is 0 Å². The Kier molecular flexibility index (Phi) is 6.30. The van der Waals surface area contributed by atoms with Crippen LogP contribution in [0.1, 0.15) is 25.7 Å². The second kappa shape index (κ2) is 8.66. The van der Waals surface area contributed by atoms with Gasteiger partial charge in [-0.1, -0.05) is 5.16 Å². The maximum atomic E-state index is 11.6. The molecule has 0 aliphatic heterocycles. The van der Waals surface area contributed by atoms with Gasteiger partial charge in [0.05, 0.1) is 13.0 Å². The van der Waals surface area contributed by atoms with E-state index >= 15 is 0 Å². The van der Waals surface area contributed by atoms with Crippen LogP contribution in [0.4, 0.5) is 0 Å². The van der Waals surface area contributed by atoms with Crippen LogP contribution in [0.15, 0.2) is 28.8 Å². The highest BCUT2D eigenvalue weighted by Gasteiger charge is 2.11. The van der Waals surface area contributed by atoms with Gasteiger partial charge >= 0.3 is 5.97 Å². The van der Waals surface area contributed by atoms with Crippen molar-refractivity contribution >= 4 is 11.9 Å². The van der Waals surface area contributed by atoms with Crippen LogP contribution in [0.3, 0.4) is 0 Å². The van der Waals surface area contributed by atoms with Crippen molar-refractivity contribution in [3.8, 4) is 17.1 Å². The molecule has 128 valence electrons. The van der Waals surface area contributed by atoms with E-state index in [1.54, 1.807) is 0 Å². The first-order valence-electron chi connectivity index (χ1n) is 7.62. The molecule has 8 nitrogen and oxygen atoms in total. The summed E-state index contributed by atoms with van der Waals surface area (Å²) in [5.41, 5.74) is 0.791. The smallest absolute Gasteiger partial charge is 0.305 e. The number of hydrogen-bond donors (Lipinski definition) is 2. The molecule has 0 saturated heterocycles. The van der Waals surface area contributed by atoms with E-state index in [1.807, 2.05) is 31.2 Å². The number of nitrogens with zero attached hydrogens (tertiary/aromatic N) is 2. The molecule has 8 heteroatoms. The molecular weight excluding hydrogens is 314 g/mol. The number of amides is 1. The molecule has 1 amide bonds. The number of ether oxygens (including phenoxy) is 1. The van der Waals surface area contributed by atoms with Gasteiger partial charge < -0.3 is 19.7 Å². The zero-order valence-electron chi connectivity index (χ0n) is 13.3. The number of hydrogen-bond acceptors (Lipinski definition) is 6. The SMILES string of the molecule is CCOc1ccc(-c2noc(CCC(=O)NCCC(=O)O)n2)cc1. The largest absolute Gasteiger partial charge is 0.494 e. The van der Waals surface area contributed by atoms with E-state index in [2.05, 4.69) is 15.5 Å². The van der Waals surface area contributed by atoms with Gasteiger partial charge in [0, 0.05) is 24.9 Å². The number of rotatable bonds is 9. The summed E-state index contributed by atoms with van der Waals surface area (Å²) in [6.07, 6.45) is 0.349. The highest BCUT2D eigenvalue weighted by Crippen LogP contribution is 2.20. The molecule has 0 aliphatic carbocycles. The molecule has 0 bridgehead atoms. The van der Waals surface area contributed by atoms with E-state index < -0.39 is 5.97 Å². The molecule has 2 N–H and O–H groups in total. The van der Waals surface area contributed by atoms with Crippen LogP contribution in [-0.2, 0) is 16.0 Å². The molecule has 0 saturated carbocycles. The summed E-state index contributed by atoms with van der Waals surface area (Å²) < 4.78 is 10.5. The number of nitrogens with one attached hydrogen (secondary N) is 1. The molecular formula is C16H19N3O5. The Morgan fingerprint density at radius 2 is 2.00 bits per heavy atom.